The molecule has 0 saturated heterocycles. The molecule has 0 fully saturated rings. The van der Waals surface area contributed by atoms with Gasteiger partial charge in [0.15, 0.2) is 0 Å². The summed E-state index contributed by atoms with van der Waals surface area (Å²) in [6, 6.07) is 3.99. The van der Waals surface area contributed by atoms with Gasteiger partial charge >= 0.3 is 5.97 Å². The Kier molecular flexibility index (Phi) is 3.28. The second-order valence-corrected chi connectivity index (χ2v) is 4.35. The molecule has 0 unspecified atom stereocenters. The summed E-state index contributed by atoms with van der Waals surface area (Å²) < 4.78 is 10.0. The normalized spacial score (nSPS) is 10.7. The highest BCUT2D eigenvalue weighted by molar-refractivity contribution is 5.90. The Morgan fingerprint density at radius 1 is 1.28 bits per heavy atom. The number of hydrogen-bond donors (Lipinski definition) is 1. The number of methoxy groups -OCH3 is 2. The Morgan fingerprint density at radius 3 is 2.61 bits per heavy atom. The van der Waals surface area contributed by atoms with E-state index in [0.29, 0.717) is 0 Å². The van der Waals surface area contributed by atoms with E-state index in [0.717, 1.165) is 33.5 Å². The number of ether oxygens (including phenoxy) is 2. The molecule has 4 heteroatoms. The number of benzene rings is 1. The van der Waals surface area contributed by atoms with E-state index in [1.807, 2.05) is 26.0 Å². The van der Waals surface area contributed by atoms with Crippen molar-refractivity contribution in [2.75, 3.05) is 14.2 Å². The van der Waals surface area contributed by atoms with Gasteiger partial charge in [-0.05, 0) is 37.1 Å². The molecule has 1 N–H and O–H groups in total. The van der Waals surface area contributed by atoms with Gasteiger partial charge in [0.25, 0.3) is 0 Å². The van der Waals surface area contributed by atoms with Crippen LogP contribution in [0.3, 0.4) is 0 Å². The van der Waals surface area contributed by atoms with Crippen molar-refractivity contribution in [3.8, 4) is 5.75 Å². The predicted molar refractivity (Wildman–Crippen MR) is 70.0 cm³/mol. The smallest absolute Gasteiger partial charge is 0.310 e. The minimum atomic E-state index is -0.237. The van der Waals surface area contributed by atoms with Crippen LogP contribution in [0.15, 0.2) is 12.1 Å². The summed E-state index contributed by atoms with van der Waals surface area (Å²) in [5, 5.41) is 1.01. The molecule has 0 spiro atoms. The number of nitrogens with one attached hydrogen (secondary N) is 1. The lowest BCUT2D eigenvalue weighted by atomic mass is 10.1. The Balaban J connectivity index is 2.58. The molecule has 0 aliphatic carbocycles. The van der Waals surface area contributed by atoms with Crippen LogP contribution >= 0.6 is 0 Å². The fraction of sp³-hybridized carbons (Fsp3) is 0.357. The van der Waals surface area contributed by atoms with E-state index in [1.54, 1.807) is 7.11 Å². The van der Waals surface area contributed by atoms with Crippen LogP contribution in [0, 0.1) is 13.8 Å². The number of H-pyrrole nitrogens is 1. The Hall–Kier alpha value is -1.97. The summed E-state index contributed by atoms with van der Waals surface area (Å²) in [7, 11) is 3.05. The zero-order chi connectivity index (χ0) is 13.3. The van der Waals surface area contributed by atoms with Gasteiger partial charge in [-0.25, -0.2) is 0 Å². The number of carbonyl (C=O) groups is 1. The largest absolute Gasteiger partial charge is 0.496 e. The van der Waals surface area contributed by atoms with Gasteiger partial charge in [-0.2, -0.15) is 0 Å². The molecular formula is C14H17NO3. The van der Waals surface area contributed by atoms with Crippen LogP contribution in [0.4, 0.5) is 0 Å². The zero-order valence-corrected chi connectivity index (χ0v) is 11.1. The molecule has 2 aromatic rings. The number of aryl methyl sites for hydroxylation is 2. The highest BCUT2D eigenvalue weighted by Crippen LogP contribution is 2.29. The van der Waals surface area contributed by atoms with Crippen molar-refractivity contribution >= 4 is 16.9 Å². The lowest BCUT2D eigenvalue weighted by Gasteiger charge is -2.05. The molecule has 1 aromatic carbocycles. The van der Waals surface area contributed by atoms with E-state index < -0.39 is 0 Å². The van der Waals surface area contributed by atoms with E-state index in [2.05, 4.69) is 4.98 Å². The third-order valence-electron chi connectivity index (χ3n) is 3.18. The molecular weight excluding hydrogens is 230 g/mol. The molecule has 96 valence electrons. The summed E-state index contributed by atoms with van der Waals surface area (Å²) >= 11 is 0. The number of aromatic amines is 1. The van der Waals surface area contributed by atoms with E-state index in [-0.39, 0.29) is 12.4 Å². The molecule has 18 heavy (non-hydrogen) atoms. The van der Waals surface area contributed by atoms with Gasteiger partial charge in [-0.15, -0.1) is 0 Å². The second-order valence-electron chi connectivity index (χ2n) is 4.35. The van der Waals surface area contributed by atoms with Crippen molar-refractivity contribution in [1.82, 2.24) is 4.98 Å². The first kappa shape index (κ1) is 12.5. The molecule has 1 heterocycles. The first-order valence-corrected chi connectivity index (χ1v) is 5.79. The van der Waals surface area contributed by atoms with Crippen LogP contribution in [-0.2, 0) is 16.0 Å². The number of rotatable bonds is 3. The maximum Gasteiger partial charge on any atom is 0.310 e. The predicted octanol–water partition coefficient (Wildman–Crippen LogP) is 2.51. The molecule has 0 amide bonds. The summed E-state index contributed by atoms with van der Waals surface area (Å²) in [4.78, 5) is 14.7. The number of carbonyl (C=O) groups excluding carboxylic acids is 1. The highest BCUT2D eigenvalue weighted by Gasteiger charge is 2.14. The van der Waals surface area contributed by atoms with Crippen LogP contribution < -0.4 is 4.74 Å². The summed E-state index contributed by atoms with van der Waals surface area (Å²) in [6.07, 6.45) is 0.272. The summed E-state index contributed by atoms with van der Waals surface area (Å²) in [6.45, 7) is 3.95. The fourth-order valence-corrected chi connectivity index (χ4v) is 2.18. The Bertz CT molecular complexity index is 599. The van der Waals surface area contributed by atoms with Gasteiger partial charge in [0, 0.05) is 16.6 Å². The van der Waals surface area contributed by atoms with Gasteiger partial charge < -0.3 is 14.5 Å². The minimum absolute atomic E-state index is 0.237. The molecule has 0 aliphatic rings. The first-order chi connectivity index (χ1) is 8.56. The first-order valence-electron chi connectivity index (χ1n) is 5.79. The fourth-order valence-electron chi connectivity index (χ4n) is 2.18. The minimum Gasteiger partial charge on any atom is -0.496 e. The zero-order valence-electron chi connectivity index (χ0n) is 11.1. The van der Waals surface area contributed by atoms with Crippen molar-refractivity contribution in [2.24, 2.45) is 0 Å². The third-order valence-corrected chi connectivity index (χ3v) is 3.18. The van der Waals surface area contributed by atoms with Crippen molar-refractivity contribution in [3.63, 3.8) is 0 Å². The Labute approximate surface area is 106 Å². The lowest BCUT2D eigenvalue weighted by molar-refractivity contribution is -0.139. The van der Waals surface area contributed by atoms with Gasteiger partial charge in [0.1, 0.15) is 5.75 Å². The molecule has 0 atom stereocenters. The molecule has 0 saturated carbocycles. The quantitative estimate of drug-likeness (QED) is 0.848. The van der Waals surface area contributed by atoms with Gasteiger partial charge in [-0.1, -0.05) is 0 Å². The van der Waals surface area contributed by atoms with Crippen LogP contribution in [0.1, 0.15) is 16.8 Å². The van der Waals surface area contributed by atoms with Gasteiger partial charge in [-0.3, -0.25) is 4.79 Å². The van der Waals surface area contributed by atoms with Crippen molar-refractivity contribution < 1.29 is 14.3 Å². The maximum absolute atomic E-state index is 11.4. The van der Waals surface area contributed by atoms with E-state index in [9.17, 15) is 4.79 Å². The molecule has 0 bridgehead atoms. The van der Waals surface area contributed by atoms with E-state index in [4.69, 9.17) is 9.47 Å². The van der Waals surface area contributed by atoms with Crippen LogP contribution in [0.5, 0.6) is 5.75 Å². The number of hydrogen-bond acceptors (Lipinski definition) is 3. The van der Waals surface area contributed by atoms with Crippen molar-refractivity contribution in [2.45, 2.75) is 20.3 Å². The molecule has 0 aliphatic heterocycles. The molecule has 1 aromatic heterocycles. The van der Waals surface area contributed by atoms with Crippen molar-refractivity contribution in [3.05, 3.63) is 29.0 Å². The summed E-state index contributed by atoms with van der Waals surface area (Å²) in [5.41, 5.74) is 4.04. The average molecular weight is 247 g/mol. The standard InChI is InChI=1S/C14H17NO3/c1-8-5-12-11(6-13(8)17-3)10(9(2)15-12)7-14(16)18-4/h5-6,15H,7H2,1-4H3. The molecule has 4 nitrogen and oxygen atoms in total. The van der Waals surface area contributed by atoms with E-state index >= 15 is 0 Å². The average Bonchev–Trinajstić information content (AvgIpc) is 2.64. The number of aromatic nitrogens is 1. The highest BCUT2D eigenvalue weighted by atomic mass is 16.5. The summed E-state index contributed by atoms with van der Waals surface area (Å²) in [5.74, 6) is 0.589. The maximum atomic E-state index is 11.4. The number of fused-ring (bicyclic) bond motifs is 1. The van der Waals surface area contributed by atoms with Crippen LogP contribution in [-0.4, -0.2) is 25.2 Å². The van der Waals surface area contributed by atoms with Crippen molar-refractivity contribution in [1.29, 1.82) is 0 Å². The topological polar surface area (TPSA) is 51.3 Å². The third kappa shape index (κ3) is 2.06. The lowest BCUT2D eigenvalue weighted by Crippen LogP contribution is -2.05. The van der Waals surface area contributed by atoms with Gasteiger partial charge in [0.05, 0.1) is 20.6 Å². The Morgan fingerprint density at radius 2 is 2.00 bits per heavy atom. The molecule has 0 radical (unpaired) electrons. The van der Waals surface area contributed by atoms with Crippen LogP contribution in [0.25, 0.3) is 10.9 Å². The van der Waals surface area contributed by atoms with E-state index in [1.165, 1.54) is 7.11 Å². The molecule has 2 rings (SSSR count). The monoisotopic (exact) mass is 247 g/mol. The number of esters is 1. The van der Waals surface area contributed by atoms with Crippen LogP contribution in [0.2, 0.25) is 0 Å². The van der Waals surface area contributed by atoms with Gasteiger partial charge in [0.2, 0.25) is 0 Å². The second kappa shape index (κ2) is 4.72. The SMILES string of the molecule is COC(=O)Cc1c(C)[nH]c2cc(C)c(OC)cc12.